The first kappa shape index (κ1) is 24.0. The van der Waals surface area contributed by atoms with Gasteiger partial charge in [-0.25, -0.2) is 4.98 Å². The number of carbonyl (C=O) groups is 2. The lowest BCUT2D eigenvalue weighted by atomic mass is 9.95. The van der Waals surface area contributed by atoms with Crippen LogP contribution in [-0.2, 0) is 22.4 Å². The summed E-state index contributed by atoms with van der Waals surface area (Å²) in [5, 5.41) is 9.28. The fourth-order valence-corrected chi connectivity index (χ4v) is 5.27. The molecule has 5 rings (SSSR count). The van der Waals surface area contributed by atoms with Crippen molar-refractivity contribution in [3.8, 4) is 11.1 Å². The van der Waals surface area contributed by atoms with Crippen LogP contribution < -0.4 is 21.7 Å². The number of anilines is 1. The van der Waals surface area contributed by atoms with Crippen LogP contribution in [0, 0.1) is 5.92 Å². The van der Waals surface area contributed by atoms with Crippen molar-refractivity contribution in [3.63, 3.8) is 0 Å². The molecule has 2 heterocycles. The predicted octanol–water partition coefficient (Wildman–Crippen LogP) is 3.16. The van der Waals surface area contributed by atoms with E-state index < -0.39 is 6.04 Å². The Morgan fingerprint density at radius 3 is 2.58 bits per heavy atom. The highest BCUT2D eigenvalue weighted by Gasteiger charge is 2.32. The van der Waals surface area contributed by atoms with E-state index in [1.807, 2.05) is 24.3 Å². The number of rotatable bonds is 7. The van der Waals surface area contributed by atoms with Gasteiger partial charge in [-0.3, -0.25) is 9.59 Å². The molecule has 186 valence electrons. The van der Waals surface area contributed by atoms with Gasteiger partial charge in [0, 0.05) is 5.69 Å². The van der Waals surface area contributed by atoms with Crippen LogP contribution in [0.15, 0.2) is 66.7 Å². The first-order valence-electron chi connectivity index (χ1n) is 12.7. The SMILES string of the molecule is C[C@H](NC(=O)[C@H]1C[C@H](Cc2ccc(-c3ccccc3)cc2)CN1)C(=O)NC1CCc2nc(N)ccc21. The van der Waals surface area contributed by atoms with Crippen molar-refractivity contribution in [2.45, 2.75) is 50.7 Å². The van der Waals surface area contributed by atoms with Crippen molar-refractivity contribution in [1.82, 2.24) is 20.9 Å². The fraction of sp³-hybridized carbons (Fsp3) is 0.345. The van der Waals surface area contributed by atoms with Gasteiger partial charge in [-0.05, 0) is 73.4 Å². The number of amides is 2. The summed E-state index contributed by atoms with van der Waals surface area (Å²) in [6.45, 7) is 2.51. The average Bonchev–Trinajstić information content (AvgIpc) is 3.52. The van der Waals surface area contributed by atoms with Gasteiger partial charge < -0.3 is 21.7 Å². The van der Waals surface area contributed by atoms with Gasteiger partial charge in [0.05, 0.1) is 12.1 Å². The Hall–Kier alpha value is -3.71. The summed E-state index contributed by atoms with van der Waals surface area (Å²) in [5.74, 6) is 0.558. The minimum absolute atomic E-state index is 0.0952. The van der Waals surface area contributed by atoms with Gasteiger partial charge in [-0.1, -0.05) is 60.7 Å². The maximum Gasteiger partial charge on any atom is 0.242 e. The molecular formula is C29H33N5O2. The number of benzene rings is 2. The summed E-state index contributed by atoms with van der Waals surface area (Å²) in [6, 6.07) is 21.7. The first-order valence-corrected chi connectivity index (χ1v) is 12.7. The molecule has 0 spiro atoms. The number of hydrogen-bond acceptors (Lipinski definition) is 5. The predicted molar refractivity (Wildman–Crippen MR) is 141 cm³/mol. The van der Waals surface area contributed by atoms with Crippen LogP contribution in [-0.4, -0.2) is 35.4 Å². The summed E-state index contributed by atoms with van der Waals surface area (Å²) < 4.78 is 0. The molecule has 36 heavy (non-hydrogen) atoms. The standard InChI is InChI=1S/C29H33N5O2/c1-18(28(35)34-25-13-12-24-23(25)11-14-27(30)33-24)32-29(36)26-16-20(17-31-26)15-19-7-9-22(10-8-19)21-5-3-2-4-6-21/h2-11,14,18,20,25-26,31H,12-13,15-17H2,1H3,(H2,30,33)(H,32,36)(H,34,35)/t18-,20-,25?,26+/m0/s1. The lowest BCUT2D eigenvalue weighted by Gasteiger charge is -2.20. The Balaban J connectivity index is 1.10. The Kier molecular flexibility index (Phi) is 7.00. The zero-order valence-electron chi connectivity index (χ0n) is 20.5. The summed E-state index contributed by atoms with van der Waals surface area (Å²) in [4.78, 5) is 30.0. The minimum atomic E-state index is -0.616. The van der Waals surface area contributed by atoms with E-state index in [0.717, 1.165) is 43.5 Å². The van der Waals surface area contributed by atoms with Crippen molar-refractivity contribution in [2.24, 2.45) is 5.92 Å². The monoisotopic (exact) mass is 483 g/mol. The molecule has 0 radical (unpaired) electrons. The molecule has 4 atom stereocenters. The molecule has 7 heteroatoms. The quantitative estimate of drug-likeness (QED) is 0.413. The van der Waals surface area contributed by atoms with Crippen LogP contribution >= 0.6 is 0 Å². The summed E-state index contributed by atoms with van der Waals surface area (Å²) in [7, 11) is 0. The molecule has 3 aromatic rings. The number of carbonyl (C=O) groups excluding carboxylic acids is 2. The van der Waals surface area contributed by atoms with E-state index >= 15 is 0 Å². The molecule has 1 saturated heterocycles. The third-order valence-corrected chi connectivity index (χ3v) is 7.27. The number of nitrogen functional groups attached to an aromatic ring is 1. The molecule has 2 aromatic carbocycles. The Morgan fingerprint density at radius 2 is 1.81 bits per heavy atom. The van der Waals surface area contributed by atoms with Crippen LogP contribution in [0.3, 0.4) is 0 Å². The van der Waals surface area contributed by atoms with Crippen molar-refractivity contribution >= 4 is 17.6 Å². The highest BCUT2D eigenvalue weighted by atomic mass is 16.2. The van der Waals surface area contributed by atoms with Crippen molar-refractivity contribution in [3.05, 3.63) is 83.6 Å². The number of nitrogens with zero attached hydrogens (tertiary/aromatic N) is 1. The number of aromatic nitrogens is 1. The topological polar surface area (TPSA) is 109 Å². The van der Waals surface area contributed by atoms with E-state index in [1.54, 1.807) is 13.0 Å². The molecule has 1 aliphatic heterocycles. The molecule has 1 aliphatic carbocycles. The summed E-state index contributed by atoms with van der Waals surface area (Å²) >= 11 is 0. The number of fused-ring (bicyclic) bond motifs is 1. The Bertz CT molecular complexity index is 1230. The zero-order chi connectivity index (χ0) is 25.1. The lowest BCUT2D eigenvalue weighted by Crippen LogP contribution is -2.50. The van der Waals surface area contributed by atoms with Crippen molar-refractivity contribution in [2.75, 3.05) is 12.3 Å². The van der Waals surface area contributed by atoms with E-state index in [-0.39, 0.29) is 23.9 Å². The van der Waals surface area contributed by atoms with Crippen LogP contribution in [0.5, 0.6) is 0 Å². The highest BCUT2D eigenvalue weighted by Crippen LogP contribution is 2.30. The molecule has 5 N–H and O–H groups in total. The van der Waals surface area contributed by atoms with Crippen molar-refractivity contribution < 1.29 is 9.59 Å². The fourth-order valence-electron chi connectivity index (χ4n) is 5.27. The number of hydrogen-bond donors (Lipinski definition) is 4. The lowest BCUT2D eigenvalue weighted by molar-refractivity contribution is -0.129. The zero-order valence-corrected chi connectivity index (χ0v) is 20.5. The first-order chi connectivity index (χ1) is 17.5. The highest BCUT2D eigenvalue weighted by molar-refractivity contribution is 5.89. The smallest absolute Gasteiger partial charge is 0.242 e. The second-order valence-corrected chi connectivity index (χ2v) is 9.93. The summed E-state index contributed by atoms with van der Waals surface area (Å²) in [6.07, 6.45) is 3.25. The maximum atomic E-state index is 12.9. The van der Waals surface area contributed by atoms with Crippen LogP contribution in [0.1, 0.15) is 42.6 Å². The Morgan fingerprint density at radius 1 is 1.06 bits per heavy atom. The molecule has 2 amide bonds. The van der Waals surface area contributed by atoms with E-state index in [1.165, 1.54) is 16.7 Å². The average molecular weight is 484 g/mol. The largest absolute Gasteiger partial charge is 0.384 e. The molecule has 0 bridgehead atoms. The third kappa shape index (κ3) is 5.41. The molecule has 0 saturated carbocycles. The van der Waals surface area contributed by atoms with E-state index in [4.69, 9.17) is 5.73 Å². The van der Waals surface area contributed by atoms with Crippen LogP contribution in [0.4, 0.5) is 5.82 Å². The van der Waals surface area contributed by atoms with Gasteiger partial charge in [-0.15, -0.1) is 0 Å². The van der Waals surface area contributed by atoms with Crippen LogP contribution in [0.2, 0.25) is 0 Å². The van der Waals surface area contributed by atoms with E-state index in [9.17, 15) is 9.59 Å². The normalized spacial score (nSPS) is 21.5. The van der Waals surface area contributed by atoms with Gasteiger partial charge in [-0.2, -0.15) is 0 Å². The van der Waals surface area contributed by atoms with E-state index in [2.05, 4.69) is 57.3 Å². The molecule has 2 aliphatic rings. The second kappa shape index (κ2) is 10.5. The molecule has 1 fully saturated rings. The number of nitrogens with two attached hydrogens (primary N) is 1. The van der Waals surface area contributed by atoms with Gasteiger partial charge in [0.25, 0.3) is 0 Å². The van der Waals surface area contributed by atoms with Crippen molar-refractivity contribution in [1.29, 1.82) is 0 Å². The molecule has 7 nitrogen and oxygen atoms in total. The van der Waals surface area contributed by atoms with Gasteiger partial charge in [0.15, 0.2) is 0 Å². The van der Waals surface area contributed by atoms with E-state index in [0.29, 0.717) is 11.7 Å². The molecule has 1 unspecified atom stereocenters. The minimum Gasteiger partial charge on any atom is -0.384 e. The maximum absolute atomic E-state index is 12.9. The van der Waals surface area contributed by atoms with Gasteiger partial charge in [0.1, 0.15) is 11.9 Å². The Labute approximate surface area is 211 Å². The number of nitrogens with one attached hydrogen (secondary N) is 3. The van der Waals surface area contributed by atoms with Gasteiger partial charge in [0.2, 0.25) is 11.8 Å². The molecule has 1 aromatic heterocycles. The van der Waals surface area contributed by atoms with Crippen LogP contribution in [0.25, 0.3) is 11.1 Å². The second-order valence-electron chi connectivity index (χ2n) is 9.93. The molecular weight excluding hydrogens is 450 g/mol. The van der Waals surface area contributed by atoms with Gasteiger partial charge >= 0.3 is 0 Å². The number of pyridine rings is 1. The third-order valence-electron chi connectivity index (χ3n) is 7.27. The summed E-state index contributed by atoms with van der Waals surface area (Å²) in [5.41, 5.74) is 11.4. The number of aryl methyl sites for hydroxylation is 1.